The van der Waals surface area contributed by atoms with Crippen molar-refractivity contribution in [3.63, 3.8) is 0 Å². The number of hydrazone groups is 1. The number of carbonyl (C=O) groups excluding carboxylic acids is 1. The Morgan fingerprint density at radius 1 is 0.695 bits per heavy atom. The van der Waals surface area contributed by atoms with Crippen molar-refractivity contribution in [1.82, 2.24) is 19.9 Å². The summed E-state index contributed by atoms with van der Waals surface area (Å²) in [7, 11) is 0. The van der Waals surface area contributed by atoms with Gasteiger partial charge in [0.2, 0.25) is 11.9 Å². The predicted octanol–water partition coefficient (Wildman–Crippen LogP) is 9.38. The third kappa shape index (κ3) is 8.77. The van der Waals surface area contributed by atoms with Gasteiger partial charge in [-0.25, -0.2) is 24.7 Å². The molecule has 15 nitrogen and oxygen atoms in total. The Morgan fingerprint density at radius 2 is 1.17 bits per heavy atom. The maximum atomic E-state index is 13.4. The summed E-state index contributed by atoms with van der Waals surface area (Å²) in [6.07, 6.45) is 3.03. The van der Waals surface area contributed by atoms with Crippen LogP contribution in [0.5, 0.6) is 0 Å². The van der Waals surface area contributed by atoms with Crippen molar-refractivity contribution in [2.75, 3.05) is 15.6 Å². The second-order valence-electron chi connectivity index (χ2n) is 12.4. The Hall–Kier alpha value is -8.24. The summed E-state index contributed by atoms with van der Waals surface area (Å²) in [6.45, 7) is 0. The average Bonchev–Trinajstić information content (AvgIpc) is 3.25. The molecule has 0 saturated carbocycles. The van der Waals surface area contributed by atoms with Crippen LogP contribution in [-0.4, -0.2) is 36.6 Å². The molecule has 0 spiro atoms. The first-order chi connectivity index (χ1) is 28.6. The van der Waals surface area contributed by atoms with Gasteiger partial charge in [-0.15, -0.1) is 0 Å². The van der Waals surface area contributed by atoms with E-state index in [2.05, 4.69) is 32.7 Å². The van der Waals surface area contributed by atoms with Crippen LogP contribution in [0.4, 0.5) is 39.4 Å². The lowest BCUT2D eigenvalue weighted by Gasteiger charge is -2.21. The van der Waals surface area contributed by atoms with Gasteiger partial charge in [0.25, 0.3) is 5.69 Å². The van der Waals surface area contributed by atoms with Crippen molar-refractivity contribution in [1.29, 1.82) is 10.5 Å². The first-order valence-corrected chi connectivity index (χ1v) is 18.1. The smallest absolute Gasteiger partial charge is 0.340 e. The fourth-order valence-electron chi connectivity index (χ4n) is 5.79. The van der Waals surface area contributed by atoms with Crippen LogP contribution in [0.25, 0.3) is 22.3 Å². The molecule has 0 aliphatic rings. The van der Waals surface area contributed by atoms with Crippen LogP contribution in [0.3, 0.4) is 0 Å². The zero-order valence-corrected chi connectivity index (χ0v) is 31.8. The number of nitrogens with one attached hydrogen (secondary N) is 2. The van der Waals surface area contributed by atoms with E-state index in [0.717, 1.165) is 11.1 Å². The van der Waals surface area contributed by atoms with Gasteiger partial charge in [-0.1, -0.05) is 65.7 Å². The van der Waals surface area contributed by atoms with Crippen LogP contribution >= 0.6 is 23.2 Å². The number of nitrogens with zero attached hydrogens (tertiary/aromatic N) is 9. The zero-order valence-electron chi connectivity index (χ0n) is 30.3. The summed E-state index contributed by atoms with van der Waals surface area (Å²) >= 11 is 13.6. The molecule has 0 aliphatic heterocycles. The second-order valence-corrected chi connectivity index (χ2v) is 13.2. The molecule has 0 unspecified atom stereocenters. The molecule has 0 radical (unpaired) electrons. The fourth-order valence-corrected chi connectivity index (χ4v) is 6.27. The molecule has 5 aromatic carbocycles. The third-order valence-corrected chi connectivity index (χ3v) is 9.25. The molecule has 7 rings (SSSR count). The third-order valence-electron chi connectivity index (χ3n) is 8.59. The van der Waals surface area contributed by atoms with Gasteiger partial charge in [-0.2, -0.15) is 20.6 Å². The summed E-state index contributed by atoms with van der Waals surface area (Å²) in [4.78, 5) is 43.7. The summed E-state index contributed by atoms with van der Waals surface area (Å²) < 4.78 is 0. The number of anilines is 5. The lowest BCUT2D eigenvalue weighted by molar-refractivity contribution is -0.384. The number of nitro groups is 1. The van der Waals surface area contributed by atoms with Gasteiger partial charge in [0, 0.05) is 68.2 Å². The van der Waals surface area contributed by atoms with Crippen LogP contribution in [0, 0.1) is 32.8 Å². The molecule has 17 heteroatoms. The maximum absolute atomic E-state index is 13.4. The Balaban J connectivity index is 1.55. The van der Waals surface area contributed by atoms with E-state index in [1.54, 1.807) is 97.1 Å². The normalized spacial score (nSPS) is 10.4. The molecular formula is C42H26Cl2N12O3. The molecule has 2 amide bonds. The monoisotopic (exact) mass is 816 g/mol. The number of carbonyl (C=O) groups is 1. The minimum Gasteiger partial charge on any atom is -0.350 e. The first kappa shape index (κ1) is 39.0. The highest BCUT2D eigenvalue weighted by Gasteiger charge is 2.27. The van der Waals surface area contributed by atoms with Crippen molar-refractivity contribution >= 4 is 69.6 Å². The number of amides is 2. The SMILES string of the molecule is N#Cc1ccc(Nc2ncc(-c3ccccc3Cl)c(C(=NN(C(N)=O)c3cccc([N+](=O)[O-])c3)c3nc(Nc4ccc(C#N)cc4)ncc3-c3ccccc3Cl)n2)cc1. The summed E-state index contributed by atoms with van der Waals surface area (Å²) in [5, 5.41) is 43.1. The van der Waals surface area contributed by atoms with Crippen molar-refractivity contribution < 1.29 is 9.72 Å². The van der Waals surface area contributed by atoms with Gasteiger partial charge in [0.1, 0.15) is 17.1 Å². The number of halogens is 2. The number of urea groups is 1. The average molecular weight is 818 g/mol. The second kappa shape index (κ2) is 17.3. The van der Waals surface area contributed by atoms with Gasteiger partial charge < -0.3 is 16.4 Å². The molecule has 0 saturated heterocycles. The van der Waals surface area contributed by atoms with Gasteiger partial charge >= 0.3 is 6.03 Å². The van der Waals surface area contributed by atoms with Crippen molar-refractivity contribution in [2.24, 2.45) is 10.8 Å². The minimum atomic E-state index is -1.10. The molecular weight excluding hydrogens is 791 g/mol. The van der Waals surface area contributed by atoms with Crippen molar-refractivity contribution in [3.8, 4) is 34.4 Å². The highest BCUT2D eigenvalue weighted by Crippen LogP contribution is 2.36. The predicted molar refractivity (Wildman–Crippen MR) is 225 cm³/mol. The molecule has 0 aliphatic carbocycles. The van der Waals surface area contributed by atoms with E-state index >= 15 is 0 Å². The van der Waals surface area contributed by atoms with Crippen LogP contribution in [0.15, 0.2) is 139 Å². The van der Waals surface area contributed by atoms with E-state index in [1.807, 2.05) is 0 Å². The summed E-state index contributed by atoms with van der Waals surface area (Å²) in [6, 6.07) is 35.4. The summed E-state index contributed by atoms with van der Waals surface area (Å²) in [5.74, 6) is 0.136. The van der Waals surface area contributed by atoms with E-state index in [9.17, 15) is 25.4 Å². The number of hydrogen-bond donors (Lipinski definition) is 3. The molecule has 0 bridgehead atoms. The Bertz CT molecular complexity index is 2700. The number of benzene rings is 5. The standard InChI is InChI=1S/C42H26Cl2N12O3/c43-35-10-3-1-8-31(35)33-23-48-41(50-27-16-12-25(21-45)13-17-27)52-37(33)39(54-55(40(47)57)29-6-5-7-30(20-29)56(58)59)38-34(32-9-2-4-11-36(32)44)24-49-42(53-38)51-28-18-14-26(22-46)15-19-28/h1-20,23-24H,(H2,47,57)(H,48,50,52)(H,49,51,53). The van der Waals surface area contributed by atoms with Crippen LogP contribution in [-0.2, 0) is 0 Å². The molecule has 0 atom stereocenters. The van der Waals surface area contributed by atoms with Crippen LogP contribution in [0.2, 0.25) is 10.0 Å². The van der Waals surface area contributed by atoms with E-state index in [1.165, 1.54) is 30.6 Å². The van der Waals surface area contributed by atoms with Gasteiger partial charge in [-0.3, -0.25) is 10.1 Å². The minimum absolute atomic E-state index is 0.0437. The molecule has 7 aromatic rings. The summed E-state index contributed by atoms with van der Waals surface area (Å²) in [5.41, 5.74) is 9.30. The Labute approximate surface area is 345 Å². The number of primary amides is 1. The Morgan fingerprint density at radius 3 is 1.59 bits per heavy atom. The molecule has 59 heavy (non-hydrogen) atoms. The number of nitro benzene ring substituents is 1. The number of non-ortho nitro benzene ring substituents is 1. The van der Waals surface area contributed by atoms with Gasteiger partial charge in [0.05, 0.1) is 33.9 Å². The molecule has 4 N–H and O–H groups in total. The first-order valence-electron chi connectivity index (χ1n) is 17.3. The zero-order chi connectivity index (χ0) is 41.5. The Kier molecular flexibility index (Phi) is 11.4. The van der Waals surface area contributed by atoms with Crippen LogP contribution < -0.4 is 21.4 Å². The number of rotatable bonds is 11. The highest BCUT2D eigenvalue weighted by molar-refractivity contribution is 6.34. The lowest BCUT2D eigenvalue weighted by atomic mass is 9.97. The lowest BCUT2D eigenvalue weighted by Crippen LogP contribution is -2.33. The maximum Gasteiger partial charge on any atom is 0.340 e. The van der Waals surface area contributed by atoms with Crippen molar-refractivity contribution in [2.45, 2.75) is 0 Å². The molecule has 2 aromatic heterocycles. The van der Waals surface area contributed by atoms with E-state index in [4.69, 9.17) is 44.0 Å². The van der Waals surface area contributed by atoms with E-state index in [0.29, 0.717) is 54.8 Å². The molecule has 286 valence electrons. The van der Waals surface area contributed by atoms with Gasteiger partial charge in [0.15, 0.2) is 0 Å². The quantitative estimate of drug-likeness (QED) is 0.0633. The van der Waals surface area contributed by atoms with Crippen LogP contribution in [0.1, 0.15) is 22.5 Å². The van der Waals surface area contributed by atoms with Crippen molar-refractivity contribution in [3.05, 3.63) is 176 Å². The number of nitrogens with two attached hydrogens (primary N) is 1. The number of hydrogen-bond acceptors (Lipinski definition) is 12. The number of aromatic nitrogens is 4. The molecule has 0 fully saturated rings. The molecule has 2 heterocycles. The largest absolute Gasteiger partial charge is 0.350 e. The fraction of sp³-hybridized carbons (Fsp3) is 0. The van der Waals surface area contributed by atoms with E-state index < -0.39 is 11.0 Å². The van der Waals surface area contributed by atoms with E-state index in [-0.39, 0.29) is 40.4 Å². The topological polar surface area (TPSA) is 225 Å². The van der Waals surface area contributed by atoms with Gasteiger partial charge in [-0.05, 0) is 66.7 Å². The highest BCUT2D eigenvalue weighted by atomic mass is 35.5. The number of nitriles is 2.